The Labute approximate surface area is 137 Å². The van der Waals surface area contributed by atoms with Crippen LogP contribution in [-0.4, -0.2) is 24.0 Å². The Bertz CT molecular complexity index is 681. The second-order valence-electron chi connectivity index (χ2n) is 6.42. The van der Waals surface area contributed by atoms with Crippen LogP contribution in [0.25, 0.3) is 0 Å². The molecule has 0 aliphatic carbocycles. The monoisotopic (exact) mass is 309 g/mol. The lowest BCUT2D eigenvalue weighted by Crippen LogP contribution is -2.34. The van der Waals surface area contributed by atoms with Crippen molar-refractivity contribution in [3.63, 3.8) is 0 Å². The Morgan fingerprint density at radius 2 is 2.17 bits per heavy atom. The van der Waals surface area contributed by atoms with Crippen molar-refractivity contribution in [2.45, 2.75) is 26.7 Å². The van der Waals surface area contributed by atoms with E-state index in [0.717, 1.165) is 30.3 Å². The highest BCUT2D eigenvalue weighted by Crippen LogP contribution is 2.23. The molecule has 1 aromatic carbocycles. The van der Waals surface area contributed by atoms with Crippen LogP contribution in [0.4, 0.5) is 11.5 Å². The molecule has 1 N–H and O–H groups in total. The number of amides is 1. The summed E-state index contributed by atoms with van der Waals surface area (Å²) in [5.41, 5.74) is 2.85. The average molecular weight is 309 g/mol. The molecule has 0 radical (unpaired) electrons. The normalized spacial score (nSPS) is 17.8. The molecule has 2 aromatic rings. The quantitative estimate of drug-likeness (QED) is 0.936. The van der Waals surface area contributed by atoms with Gasteiger partial charge in [-0.1, -0.05) is 24.6 Å². The predicted octanol–water partition coefficient (Wildman–Crippen LogP) is 3.88. The standard InChI is InChI=1S/C19H23N3O/c1-14-5-3-7-16(11-14)19(23)21-18-9-8-17(12-20-18)22-10-4-6-15(2)13-22/h3,5,7-9,11-12,15H,4,6,10,13H2,1-2H3,(H,20,21,23). The van der Waals surface area contributed by atoms with Gasteiger partial charge in [-0.15, -0.1) is 0 Å². The molecule has 1 aromatic heterocycles. The maximum atomic E-state index is 12.2. The first kappa shape index (κ1) is 15.5. The lowest BCUT2D eigenvalue weighted by Gasteiger charge is -2.32. The van der Waals surface area contributed by atoms with Crippen LogP contribution in [0.1, 0.15) is 35.7 Å². The van der Waals surface area contributed by atoms with Crippen molar-refractivity contribution in [2.75, 3.05) is 23.3 Å². The van der Waals surface area contributed by atoms with Crippen molar-refractivity contribution >= 4 is 17.4 Å². The van der Waals surface area contributed by atoms with Crippen molar-refractivity contribution in [3.05, 3.63) is 53.7 Å². The molecule has 0 bridgehead atoms. The fourth-order valence-electron chi connectivity index (χ4n) is 3.05. The number of carbonyl (C=O) groups is 1. The second kappa shape index (κ2) is 6.82. The zero-order chi connectivity index (χ0) is 16.2. The predicted molar refractivity (Wildman–Crippen MR) is 94.0 cm³/mol. The number of aromatic nitrogens is 1. The largest absolute Gasteiger partial charge is 0.370 e. The highest BCUT2D eigenvalue weighted by molar-refractivity contribution is 6.03. The minimum atomic E-state index is -0.124. The average Bonchev–Trinajstić information content (AvgIpc) is 2.55. The van der Waals surface area contributed by atoms with E-state index in [1.54, 1.807) is 0 Å². The Balaban J connectivity index is 1.66. The fraction of sp³-hybridized carbons (Fsp3) is 0.368. The van der Waals surface area contributed by atoms with E-state index in [2.05, 4.69) is 22.1 Å². The van der Waals surface area contributed by atoms with Gasteiger partial charge in [-0.05, 0) is 49.9 Å². The summed E-state index contributed by atoms with van der Waals surface area (Å²) < 4.78 is 0. The highest BCUT2D eigenvalue weighted by atomic mass is 16.1. The molecule has 0 spiro atoms. The van der Waals surface area contributed by atoms with E-state index < -0.39 is 0 Å². The van der Waals surface area contributed by atoms with E-state index in [9.17, 15) is 4.79 Å². The third kappa shape index (κ3) is 3.89. The van der Waals surface area contributed by atoms with E-state index >= 15 is 0 Å². The van der Waals surface area contributed by atoms with Gasteiger partial charge in [-0.2, -0.15) is 0 Å². The molecule has 1 unspecified atom stereocenters. The fourth-order valence-corrected chi connectivity index (χ4v) is 3.05. The first-order valence-corrected chi connectivity index (χ1v) is 8.21. The van der Waals surface area contributed by atoms with Gasteiger partial charge in [0.2, 0.25) is 0 Å². The molecule has 1 saturated heterocycles. The highest BCUT2D eigenvalue weighted by Gasteiger charge is 2.17. The molecule has 1 amide bonds. The molecule has 0 saturated carbocycles. The van der Waals surface area contributed by atoms with E-state index in [0.29, 0.717) is 11.4 Å². The Kier molecular flexibility index (Phi) is 4.60. The smallest absolute Gasteiger partial charge is 0.256 e. The minimum Gasteiger partial charge on any atom is -0.370 e. The molecular weight excluding hydrogens is 286 g/mol. The number of hydrogen-bond donors (Lipinski definition) is 1. The Morgan fingerprint density at radius 3 is 2.87 bits per heavy atom. The molecule has 4 heteroatoms. The van der Waals surface area contributed by atoms with Gasteiger partial charge in [-0.25, -0.2) is 4.98 Å². The SMILES string of the molecule is Cc1cccc(C(=O)Nc2ccc(N3CCCC(C)C3)cn2)c1. The van der Waals surface area contributed by atoms with Crippen LogP contribution in [0.3, 0.4) is 0 Å². The molecule has 4 nitrogen and oxygen atoms in total. The minimum absolute atomic E-state index is 0.124. The number of aryl methyl sites for hydroxylation is 1. The first-order valence-electron chi connectivity index (χ1n) is 8.21. The van der Waals surface area contributed by atoms with E-state index in [-0.39, 0.29) is 5.91 Å². The van der Waals surface area contributed by atoms with Crippen LogP contribution >= 0.6 is 0 Å². The van der Waals surface area contributed by atoms with Gasteiger partial charge in [0.15, 0.2) is 0 Å². The van der Waals surface area contributed by atoms with Gasteiger partial charge in [0.1, 0.15) is 5.82 Å². The number of rotatable bonds is 3. The second-order valence-corrected chi connectivity index (χ2v) is 6.42. The van der Waals surface area contributed by atoms with Gasteiger partial charge in [0.05, 0.1) is 11.9 Å². The summed E-state index contributed by atoms with van der Waals surface area (Å²) in [5, 5.41) is 2.86. The van der Waals surface area contributed by atoms with Gasteiger partial charge in [0.25, 0.3) is 5.91 Å². The van der Waals surface area contributed by atoms with Gasteiger partial charge < -0.3 is 10.2 Å². The summed E-state index contributed by atoms with van der Waals surface area (Å²) >= 11 is 0. The maximum Gasteiger partial charge on any atom is 0.256 e. The summed E-state index contributed by atoms with van der Waals surface area (Å²) in [6.45, 7) is 6.43. The van der Waals surface area contributed by atoms with Crippen LogP contribution in [-0.2, 0) is 0 Å². The van der Waals surface area contributed by atoms with Crippen LogP contribution in [0.2, 0.25) is 0 Å². The van der Waals surface area contributed by atoms with Crippen LogP contribution in [0, 0.1) is 12.8 Å². The van der Waals surface area contributed by atoms with E-state index in [1.807, 2.05) is 49.5 Å². The summed E-state index contributed by atoms with van der Waals surface area (Å²) in [6, 6.07) is 11.5. The van der Waals surface area contributed by atoms with Crippen molar-refractivity contribution in [2.24, 2.45) is 5.92 Å². The van der Waals surface area contributed by atoms with Crippen molar-refractivity contribution in [1.82, 2.24) is 4.98 Å². The third-order valence-electron chi connectivity index (χ3n) is 4.29. The lowest BCUT2D eigenvalue weighted by atomic mass is 10.00. The molecule has 1 aliphatic heterocycles. The van der Waals surface area contributed by atoms with Crippen LogP contribution in [0.5, 0.6) is 0 Å². The van der Waals surface area contributed by atoms with E-state index in [1.165, 1.54) is 12.8 Å². The number of piperidine rings is 1. The van der Waals surface area contributed by atoms with Crippen LogP contribution in [0.15, 0.2) is 42.6 Å². The number of nitrogens with zero attached hydrogens (tertiary/aromatic N) is 2. The summed E-state index contributed by atoms with van der Waals surface area (Å²) in [4.78, 5) is 19.0. The summed E-state index contributed by atoms with van der Waals surface area (Å²) in [7, 11) is 0. The number of carbonyl (C=O) groups excluding carboxylic acids is 1. The molecule has 1 fully saturated rings. The van der Waals surface area contributed by atoms with Crippen molar-refractivity contribution in [3.8, 4) is 0 Å². The molecule has 23 heavy (non-hydrogen) atoms. The Hall–Kier alpha value is -2.36. The molecule has 1 aliphatic rings. The maximum absolute atomic E-state index is 12.2. The molecular formula is C19H23N3O. The molecule has 2 heterocycles. The lowest BCUT2D eigenvalue weighted by molar-refractivity contribution is 0.102. The molecule has 3 rings (SSSR count). The number of anilines is 2. The number of hydrogen-bond acceptors (Lipinski definition) is 3. The van der Waals surface area contributed by atoms with Gasteiger partial charge >= 0.3 is 0 Å². The van der Waals surface area contributed by atoms with Crippen LogP contribution < -0.4 is 10.2 Å². The number of pyridine rings is 1. The topological polar surface area (TPSA) is 45.2 Å². The Morgan fingerprint density at radius 1 is 1.30 bits per heavy atom. The number of benzene rings is 1. The van der Waals surface area contributed by atoms with Crippen molar-refractivity contribution in [1.29, 1.82) is 0 Å². The van der Waals surface area contributed by atoms with Gasteiger partial charge in [0, 0.05) is 18.7 Å². The zero-order valence-electron chi connectivity index (χ0n) is 13.7. The van der Waals surface area contributed by atoms with E-state index in [4.69, 9.17) is 0 Å². The summed E-state index contributed by atoms with van der Waals surface area (Å²) in [6.07, 6.45) is 4.38. The molecule has 1 atom stereocenters. The first-order chi connectivity index (χ1) is 11.1. The molecule has 120 valence electrons. The summed E-state index contributed by atoms with van der Waals surface area (Å²) in [5.74, 6) is 1.19. The zero-order valence-corrected chi connectivity index (χ0v) is 13.7. The number of nitrogens with one attached hydrogen (secondary N) is 1. The third-order valence-corrected chi connectivity index (χ3v) is 4.29. The van der Waals surface area contributed by atoms with Gasteiger partial charge in [-0.3, -0.25) is 4.79 Å². The van der Waals surface area contributed by atoms with Crippen molar-refractivity contribution < 1.29 is 4.79 Å².